The molecule has 3 nitrogen and oxygen atoms in total. The number of esters is 1. The topological polar surface area (TPSA) is 50.1 Å². The predicted molar refractivity (Wildman–Crippen MR) is 59.8 cm³/mol. The highest BCUT2D eigenvalue weighted by atomic mass is 79.9. The van der Waals surface area contributed by atoms with Crippen molar-refractivity contribution < 1.29 is 18.3 Å². The summed E-state index contributed by atoms with van der Waals surface area (Å²) in [5, 5.41) is 8.85. The van der Waals surface area contributed by atoms with Gasteiger partial charge < -0.3 is 4.74 Å². The van der Waals surface area contributed by atoms with E-state index in [2.05, 4.69) is 15.9 Å². The lowest BCUT2D eigenvalue weighted by molar-refractivity contribution is 0.0525. The number of carbonyl (C=O) groups is 1. The molecule has 0 aliphatic heterocycles. The van der Waals surface area contributed by atoms with E-state index in [9.17, 15) is 13.6 Å². The maximum Gasteiger partial charge on any atom is 0.339 e. The van der Waals surface area contributed by atoms with Crippen molar-refractivity contribution in [3.63, 3.8) is 0 Å². The molecule has 0 aliphatic rings. The van der Waals surface area contributed by atoms with Gasteiger partial charge in [-0.25, -0.2) is 13.6 Å². The summed E-state index contributed by atoms with van der Waals surface area (Å²) in [6.07, 6.45) is -2.82. The number of carbonyl (C=O) groups excluding carboxylic acids is 1. The summed E-state index contributed by atoms with van der Waals surface area (Å²) in [6, 6.07) is 4.02. The van der Waals surface area contributed by atoms with Crippen LogP contribution in [0.3, 0.4) is 0 Å². The molecule has 0 bridgehead atoms. The highest BCUT2D eigenvalue weighted by Crippen LogP contribution is 2.29. The van der Waals surface area contributed by atoms with Gasteiger partial charge >= 0.3 is 5.97 Å². The molecular formula is C11H8BrF2NO2. The Balaban J connectivity index is 3.39. The Labute approximate surface area is 105 Å². The van der Waals surface area contributed by atoms with E-state index in [1.807, 2.05) is 0 Å². The van der Waals surface area contributed by atoms with Gasteiger partial charge in [0.25, 0.3) is 6.43 Å². The number of ether oxygens (including phenoxy) is 1. The Hall–Kier alpha value is -1.48. The number of nitriles is 1. The van der Waals surface area contributed by atoms with Gasteiger partial charge in [-0.05, 0) is 19.1 Å². The number of halogens is 3. The number of benzene rings is 1. The van der Waals surface area contributed by atoms with Crippen LogP contribution < -0.4 is 0 Å². The van der Waals surface area contributed by atoms with Crippen molar-refractivity contribution in [1.82, 2.24) is 0 Å². The van der Waals surface area contributed by atoms with Crippen LogP contribution in [0.25, 0.3) is 0 Å². The highest BCUT2D eigenvalue weighted by Gasteiger charge is 2.22. The first-order valence-electron chi connectivity index (χ1n) is 4.70. The number of hydrogen-bond donors (Lipinski definition) is 0. The van der Waals surface area contributed by atoms with Crippen LogP contribution in [0.5, 0.6) is 0 Å². The number of hydrogen-bond acceptors (Lipinski definition) is 3. The van der Waals surface area contributed by atoms with Gasteiger partial charge in [0.05, 0.1) is 17.7 Å². The predicted octanol–water partition coefficient (Wildman–Crippen LogP) is 3.44. The van der Waals surface area contributed by atoms with Gasteiger partial charge in [-0.15, -0.1) is 0 Å². The third kappa shape index (κ3) is 3.01. The SMILES string of the molecule is CCOC(=O)c1cc(Br)cc(C(F)F)c1C#N. The molecule has 0 N–H and O–H groups in total. The summed E-state index contributed by atoms with van der Waals surface area (Å²) in [7, 11) is 0. The van der Waals surface area contributed by atoms with E-state index in [1.165, 1.54) is 6.07 Å². The summed E-state index contributed by atoms with van der Waals surface area (Å²) in [5.74, 6) is -0.785. The molecule has 1 aromatic carbocycles. The molecule has 1 rings (SSSR count). The first-order valence-corrected chi connectivity index (χ1v) is 5.49. The lowest BCUT2D eigenvalue weighted by Crippen LogP contribution is -2.09. The molecule has 0 amide bonds. The second-order valence-electron chi connectivity index (χ2n) is 3.05. The molecule has 0 saturated heterocycles. The Bertz CT molecular complexity index is 483. The Morgan fingerprint density at radius 1 is 1.59 bits per heavy atom. The van der Waals surface area contributed by atoms with Crippen molar-refractivity contribution in [2.45, 2.75) is 13.3 Å². The average molecular weight is 304 g/mol. The smallest absolute Gasteiger partial charge is 0.339 e. The molecule has 0 fully saturated rings. The molecule has 0 aliphatic carbocycles. The van der Waals surface area contributed by atoms with Crippen molar-refractivity contribution in [3.8, 4) is 6.07 Å². The van der Waals surface area contributed by atoms with Crippen LogP contribution in [0.4, 0.5) is 8.78 Å². The van der Waals surface area contributed by atoms with Gasteiger partial charge in [0.1, 0.15) is 6.07 Å². The molecule has 0 aromatic heterocycles. The van der Waals surface area contributed by atoms with Gasteiger partial charge in [0.15, 0.2) is 0 Å². The van der Waals surface area contributed by atoms with E-state index in [0.29, 0.717) is 4.47 Å². The maximum atomic E-state index is 12.7. The summed E-state index contributed by atoms with van der Waals surface area (Å²) < 4.78 is 30.4. The maximum absolute atomic E-state index is 12.7. The first kappa shape index (κ1) is 13.6. The van der Waals surface area contributed by atoms with Gasteiger partial charge in [-0.2, -0.15) is 5.26 Å². The molecular weight excluding hydrogens is 296 g/mol. The minimum absolute atomic E-state index is 0.111. The van der Waals surface area contributed by atoms with E-state index in [-0.39, 0.29) is 17.7 Å². The fourth-order valence-electron chi connectivity index (χ4n) is 1.29. The molecule has 0 atom stereocenters. The van der Waals surface area contributed by atoms with Crippen LogP contribution in [-0.2, 0) is 4.74 Å². The van der Waals surface area contributed by atoms with E-state index >= 15 is 0 Å². The molecule has 0 saturated carbocycles. The summed E-state index contributed by atoms with van der Waals surface area (Å²) >= 11 is 3.01. The molecule has 0 unspecified atom stereocenters. The van der Waals surface area contributed by atoms with Crippen molar-refractivity contribution in [2.75, 3.05) is 6.61 Å². The fourth-order valence-corrected chi connectivity index (χ4v) is 1.77. The zero-order valence-corrected chi connectivity index (χ0v) is 10.4. The molecule has 0 heterocycles. The van der Waals surface area contributed by atoms with Gasteiger partial charge in [0.2, 0.25) is 0 Å². The monoisotopic (exact) mass is 303 g/mol. The molecule has 0 spiro atoms. The minimum atomic E-state index is -2.82. The number of rotatable bonds is 3. The molecule has 0 radical (unpaired) electrons. The standard InChI is InChI=1S/C11H8BrF2NO2/c1-2-17-11(16)8-4-6(12)3-7(10(13)14)9(8)5-15/h3-4,10H,2H2,1H3. The van der Waals surface area contributed by atoms with Gasteiger partial charge in [-0.1, -0.05) is 15.9 Å². The molecule has 6 heteroatoms. The van der Waals surface area contributed by atoms with Crippen molar-refractivity contribution in [1.29, 1.82) is 5.26 Å². The fraction of sp³-hybridized carbons (Fsp3) is 0.273. The normalized spacial score (nSPS) is 10.1. The third-order valence-corrected chi connectivity index (χ3v) is 2.43. The summed E-state index contributed by atoms with van der Waals surface area (Å²) in [5.41, 5.74) is -0.981. The Morgan fingerprint density at radius 2 is 2.24 bits per heavy atom. The quantitative estimate of drug-likeness (QED) is 0.804. The first-order chi connectivity index (χ1) is 8.01. The second kappa shape index (κ2) is 5.73. The van der Waals surface area contributed by atoms with Gasteiger partial charge in [0, 0.05) is 10.0 Å². The Kier molecular flexibility index (Phi) is 4.58. The number of nitrogens with zero attached hydrogens (tertiary/aromatic N) is 1. The lowest BCUT2D eigenvalue weighted by atomic mass is 10.0. The van der Waals surface area contributed by atoms with Crippen molar-refractivity contribution in [3.05, 3.63) is 33.3 Å². The van der Waals surface area contributed by atoms with Crippen LogP contribution >= 0.6 is 15.9 Å². The zero-order valence-electron chi connectivity index (χ0n) is 8.84. The summed E-state index contributed by atoms with van der Waals surface area (Å²) in [4.78, 5) is 11.5. The second-order valence-corrected chi connectivity index (χ2v) is 3.97. The molecule has 1 aromatic rings. The van der Waals surface area contributed by atoms with E-state index in [4.69, 9.17) is 10.00 Å². The molecule has 90 valence electrons. The van der Waals surface area contributed by atoms with Crippen LogP contribution in [0.2, 0.25) is 0 Å². The molecule has 17 heavy (non-hydrogen) atoms. The average Bonchev–Trinajstić information content (AvgIpc) is 2.28. The van der Waals surface area contributed by atoms with Crippen LogP contribution in [0.1, 0.15) is 34.8 Å². The highest BCUT2D eigenvalue weighted by molar-refractivity contribution is 9.10. The Morgan fingerprint density at radius 3 is 2.71 bits per heavy atom. The van der Waals surface area contributed by atoms with E-state index in [0.717, 1.165) is 6.07 Å². The zero-order chi connectivity index (χ0) is 13.0. The van der Waals surface area contributed by atoms with Crippen LogP contribution in [-0.4, -0.2) is 12.6 Å². The van der Waals surface area contributed by atoms with E-state index in [1.54, 1.807) is 13.0 Å². The van der Waals surface area contributed by atoms with Gasteiger partial charge in [-0.3, -0.25) is 0 Å². The summed E-state index contributed by atoms with van der Waals surface area (Å²) in [6.45, 7) is 1.70. The minimum Gasteiger partial charge on any atom is -0.462 e. The lowest BCUT2D eigenvalue weighted by Gasteiger charge is -2.09. The van der Waals surface area contributed by atoms with Crippen LogP contribution in [0.15, 0.2) is 16.6 Å². The van der Waals surface area contributed by atoms with E-state index < -0.39 is 18.0 Å². The van der Waals surface area contributed by atoms with Crippen LogP contribution in [0, 0.1) is 11.3 Å². The van der Waals surface area contributed by atoms with Crippen molar-refractivity contribution >= 4 is 21.9 Å². The largest absolute Gasteiger partial charge is 0.462 e. The van der Waals surface area contributed by atoms with Crippen molar-refractivity contribution in [2.24, 2.45) is 0 Å². The third-order valence-electron chi connectivity index (χ3n) is 1.98. The number of alkyl halides is 2.